The predicted molar refractivity (Wildman–Crippen MR) is 119 cm³/mol. The molecule has 0 saturated heterocycles. The summed E-state index contributed by atoms with van der Waals surface area (Å²) < 4.78 is 9.99. The van der Waals surface area contributed by atoms with Gasteiger partial charge in [0, 0.05) is 42.9 Å². The number of methoxy groups -OCH3 is 1. The fourth-order valence-corrected chi connectivity index (χ4v) is 3.40. The summed E-state index contributed by atoms with van der Waals surface area (Å²) in [6, 6.07) is 13.8. The number of thioether (sulfide) groups is 1. The van der Waals surface area contributed by atoms with Gasteiger partial charge in [-0.05, 0) is 30.4 Å². The van der Waals surface area contributed by atoms with Gasteiger partial charge in [0.1, 0.15) is 0 Å². The SMILES string of the molecule is COCCNc1ccc([N+](=O)[O-])cc1C(=O)OCC(=O)NCCCSc1ccccc1. The van der Waals surface area contributed by atoms with Gasteiger partial charge in [0.2, 0.25) is 0 Å². The maximum Gasteiger partial charge on any atom is 0.341 e. The lowest BCUT2D eigenvalue weighted by Crippen LogP contribution is -2.30. The van der Waals surface area contributed by atoms with Gasteiger partial charge in [-0.3, -0.25) is 14.9 Å². The maximum absolute atomic E-state index is 12.4. The number of nitro benzene ring substituents is 1. The highest BCUT2D eigenvalue weighted by molar-refractivity contribution is 7.99. The number of nitrogens with one attached hydrogen (secondary N) is 2. The van der Waals surface area contributed by atoms with Crippen LogP contribution < -0.4 is 10.6 Å². The zero-order valence-electron chi connectivity index (χ0n) is 17.2. The van der Waals surface area contributed by atoms with Gasteiger partial charge in [-0.2, -0.15) is 0 Å². The average molecular weight is 448 g/mol. The van der Waals surface area contributed by atoms with Gasteiger partial charge < -0.3 is 20.1 Å². The van der Waals surface area contributed by atoms with E-state index in [4.69, 9.17) is 9.47 Å². The zero-order chi connectivity index (χ0) is 22.5. The molecule has 1 amide bonds. The third kappa shape index (κ3) is 8.65. The number of anilines is 1. The zero-order valence-corrected chi connectivity index (χ0v) is 18.0. The number of hydrogen-bond acceptors (Lipinski definition) is 8. The number of ether oxygens (including phenoxy) is 2. The third-order valence-corrected chi connectivity index (χ3v) is 5.14. The summed E-state index contributed by atoms with van der Waals surface area (Å²) >= 11 is 1.69. The summed E-state index contributed by atoms with van der Waals surface area (Å²) in [7, 11) is 1.53. The topological polar surface area (TPSA) is 120 Å². The van der Waals surface area contributed by atoms with Crippen LogP contribution in [-0.4, -0.2) is 56.0 Å². The molecule has 2 aromatic carbocycles. The van der Waals surface area contributed by atoms with Crippen molar-refractivity contribution in [2.45, 2.75) is 11.3 Å². The fourth-order valence-electron chi connectivity index (χ4n) is 2.52. The lowest BCUT2D eigenvalue weighted by molar-refractivity contribution is -0.384. The van der Waals surface area contributed by atoms with Crippen LogP contribution in [0.2, 0.25) is 0 Å². The summed E-state index contributed by atoms with van der Waals surface area (Å²) in [5.74, 6) is -0.412. The first-order valence-electron chi connectivity index (χ1n) is 9.64. The minimum absolute atomic E-state index is 0.0163. The highest BCUT2D eigenvalue weighted by Gasteiger charge is 2.19. The summed E-state index contributed by atoms with van der Waals surface area (Å²) in [6.07, 6.45) is 0.762. The van der Waals surface area contributed by atoms with Crippen molar-refractivity contribution >= 4 is 35.0 Å². The summed E-state index contributed by atoms with van der Waals surface area (Å²) in [5.41, 5.74) is 0.105. The Morgan fingerprint density at radius 3 is 2.61 bits per heavy atom. The Balaban J connectivity index is 1.79. The number of benzene rings is 2. The van der Waals surface area contributed by atoms with Crippen LogP contribution in [-0.2, 0) is 14.3 Å². The number of hydrogen-bond donors (Lipinski definition) is 2. The van der Waals surface area contributed by atoms with E-state index < -0.39 is 23.4 Å². The molecule has 0 aliphatic rings. The first kappa shape index (κ1) is 24.2. The molecule has 31 heavy (non-hydrogen) atoms. The Bertz CT molecular complexity index is 879. The van der Waals surface area contributed by atoms with Crippen molar-refractivity contribution in [1.82, 2.24) is 5.32 Å². The van der Waals surface area contributed by atoms with Gasteiger partial charge in [0.15, 0.2) is 6.61 Å². The van der Waals surface area contributed by atoms with Crippen molar-refractivity contribution in [2.75, 3.05) is 44.5 Å². The second-order valence-corrected chi connectivity index (χ2v) is 7.52. The molecule has 2 aromatic rings. The molecule has 0 spiro atoms. The molecule has 0 atom stereocenters. The molecule has 0 bridgehead atoms. The number of rotatable bonds is 13. The molecular weight excluding hydrogens is 422 g/mol. The largest absolute Gasteiger partial charge is 0.452 e. The molecule has 9 nitrogen and oxygen atoms in total. The molecule has 166 valence electrons. The molecule has 2 N–H and O–H groups in total. The number of carbonyl (C=O) groups excluding carboxylic acids is 2. The van der Waals surface area contributed by atoms with Gasteiger partial charge in [-0.15, -0.1) is 11.8 Å². The van der Waals surface area contributed by atoms with Crippen molar-refractivity contribution in [1.29, 1.82) is 0 Å². The molecule has 0 fully saturated rings. The standard InChI is InChI=1S/C21H25N3O6S/c1-29-12-11-22-19-9-8-16(24(27)28)14-18(19)21(26)30-15-20(25)23-10-5-13-31-17-6-3-2-4-7-17/h2-4,6-9,14,22H,5,10-13,15H2,1H3,(H,23,25). The molecule has 0 heterocycles. The Hall–Kier alpha value is -3.11. The molecule has 0 aromatic heterocycles. The molecule has 0 unspecified atom stereocenters. The quantitative estimate of drug-likeness (QED) is 0.158. The Kier molecular flexibility index (Phi) is 10.3. The number of amides is 1. The molecule has 0 saturated carbocycles. The van der Waals surface area contributed by atoms with Crippen molar-refractivity contribution in [3.63, 3.8) is 0 Å². The van der Waals surface area contributed by atoms with E-state index in [1.165, 1.54) is 19.2 Å². The van der Waals surface area contributed by atoms with Crippen LogP contribution in [0.1, 0.15) is 16.8 Å². The van der Waals surface area contributed by atoms with Crippen molar-refractivity contribution in [2.24, 2.45) is 0 Å². The van der Waals surface area contributed by atoms with Crippen LogP contribution in [0.3, 0.4) is 0 Å². The second-order valence-electron chi connectivity index (χ2n) is 6.35. The molecule has 0 radical (unpaired) electrons. The Morgan fingerprint density at radius 2 is 1.90 bits per heavy atom. The van der Waals surface area contributed by atoms with E-state index in [-0.39, 0.29) is 11.3 Å². The van der Waals surface area contributed by atoms with E-state index in [1.807, 2.05) is 30.3 Å². The number of non-ortho nitro benzene ring substituents is 1. The minimum atomic E-state index is -0.821. The van der Waals surface area contributed by atoms with Gasteiger partial charge in [0.05, 0.1) is 17.1 Å². The lowest BCUT2D eigenvalue weighted by Gasteiger charge is -2.12. The molecule has 2 rings (SSSR count). The normalized spacial score (nSPS) is 10.4. The van der Waals surface area contributed by atoms with E-state index >= 15 is 0 Å². The third-order valence-electron chi connectivity index (χ3n) is 4.05. The number of nitrogens with zero attached hydrogens (tertiary/aromatic N) is 1. The predicted octanol–water partition coefficient (Wildman–Crippen LogP) is 3.11. The monoisotopic (exact) mass is 447 g/mol. The van der Waals surface area contributed by atoms with Crippen molar-refractivity contribution in [3.05, 3.63) is 64.2 Å². The van der Waals surface area contributed by atoms with Crippen LogP contribution in [0, 0.1) is 10.1 Å². The average Bonchev–Trinajstić information content (AvgIpc) is 2.78. The van der Waals surface area contributed by atoms with E-state index in [9.17, 15) is 19.7 Å². The van der Waals surface area contributed by atoms with Crippen LogP contribution in [0.4, 0.5) is 11.4 Å². The van der Waals surface area contributed by atoms with Crippen LogP contribution in [0.15, 0.2) is 53.4 Å². The van der Waals surface area contributed by atoms with Crippen LogP contribution in [0.5, 0.6) is 0 Å². The van der Waals surface area contributed by atoms with Gasteiger partial charge >= 0.3 is 5.97 Å². The lowest BCUT2D eigenvalue weighted by atomic mass is 10.1. The van der Waals surface area contributed by atoms with E-state index in [0.717, 1.165) is 23.1 Å². The van der Waals surface area contributed by atoms with Crippen LogP contribution >= 0.6 is 11.8 Å². The highest BCUT2D eigenvalue weighted by Crippen LogP contribution is 2.23. The van der Waals surface area contributed by atoms with Crippen LogP contribution in [0.25, 0.3) is 0 Å². The number of carbonyl (C=O) groups is 2. The fraction of sp³-hybridized carbons (Fsp3) is 0.333. The van der Waals surface area contributed by atoms with Crippen molar-refractivity contribution in [3.8, 4) is 0 Å². The second kappa shape index (κ2) is 13.2. The van der Waals surface area contributed by atoms with E-state index in [0.29, 0.717) is 25.4 Å². The van der Waals surface area contributed by atoms with Crippen molar-refractivity contribution < 1.29 is 24.0 Å². The van der Waals surface area contributed by atoms with Gasteiger partial charge in [-0.25, -0.2) is 4.79 Å². The number of esters is 1. The highest BCUT2D eigenvalue weighted by atomic mass is 32.2. The summed E-state index contributed by atoms with van der Waals surface area (Å²) in [5, 5.41) is 16.7. The first-order chi connectivity index (χ1) is 15.0. The molecule has 10 heteroatoms. The number of nitro groups is 1. The maximum atomic E-state index is 12.4. The smallest absolute Gasteiger partial charge is 0.341 e. The van der Waals surface area contributed by atoms with Gasteiger partial charge in [-0.1, -0.05) is 18.2 Å². The van der Waals surface area contributed by atoms with E-state index in [1.54, 1.807) is 11.8 Å². The molecule has 0 aliphatic heterocycles. The Labute approximate surface area is 184 Å². The van der Waals surface area contributed by atoms with Gasteiger partial charge in [0.25, 0.3) is 11.6 Å². The first-order valence-corrected chi connectivity index (χ1v) is 10.6. The summed E-state index contributed by atoms with van der Waals surface area (Å²) in [4.78, 5) is 35.9. The Morgan fingerprint density at radius 1 is 1.13 bits per heavy atom. The van der Waals surface area contributed by atoms with E-state index in [2.05, 4.69) is 10.6 Å². The minimum Gasteiger partial charge on any atom is -0.452 e. The molecule has 0 aliphatic carbocycles. The summed E-state index contributed by atoms with van der Waals surface area (Å²) in [6.45, 7) is 0.772. The molecular formula is C21H25N3O6S.